The number of anilines is 2. The number of carbonyl (C=O) groups is 1. The Morgan fingerprint density at radius 2 is 2.11 bits per heavy atom. The van der Waals surface area contributed by atoms with Crippen molar-refractivity contribution in [2.75, 3.05) is 36.9 Å². The monoisotopic (exact) mass is 266 g/mol. The third-order valence-electron chi connectivity index (χ3n) is 2.78. The molecule has 0 heterocycles. The standard InChI is InChI=1S/C14H22N2O3/c1-3-8-16(9-10-17)12-7-5-6-11(13(12)15)14(18)19-4-2/h5-7,17H,3-4,8-10,15H2,1-2H3. The van der Waals surface area contributed by atoms with Gasteiger partial charge in [-0.1, -0.05) is 13.0 Å². The molecule has 106 valence electrons. The van der Waals surface area contributed by atoms with E-state index < -0.39 is 5.97 Å². The van der Waals surface area contributed by atoms with Crippen molar-refractivity contribution in [2.24, 2.45) is 0 Å². The van der Waals surface area contributed by atoms with Crippen molar-refractivity contribution >= 4 is 17.3 Å². The van der Waals surface area contributed by atoms with E-state index in [0.29, 0.717) is 24.4 Å². The second-order valence-corrected chi connectivity index (χ2v) is 4.17. The lowest BCUT2D eigenvalue weighted by Crippen LogP contribution is -2.28. The quantitative estimate of drug-likeness (QED) is 0.580. The number of nitrogens with zero attached hydrogens (tertiary/aromatic N) is 1. The van der Waals surface area contributed by atoms with Gasteiger partial charge in [-0.3, -0.25) is 0 Å². The first kappa shape index (κ1) is 15.3. The van der Waals surface area contributed by atoms with Gasteiger partial charge in [-0.05, 0) is 25.5 Å². The number of ether oxygens (including phenoxy) is 1. The fourth-order valence-corrected chi connectivity index (χ4v) is 1.96. The molecule has 0 fully saturated rings. The van der Waals surface area contributed by atoms with Gasteiger partial charge in [-0.25, -0.2) is 4.79 Å². The Kier molecular flexibility index (Phi) is 6.15. The third kappa shape index (κ3) is 3.86. The highest BCUT2D eigenvalue weighted by atomic mass is 16.5. The SMILES string of the molecule is CCCN(CCO)c1cccc(C(=O)OCC)c1N. The number of nitrogens with two attached hydrogens (primary N) is 1. The highest BCUT2D eigenvalue weighted by Crippen LogP contribution is 2.27. The molecular formula is C14H22N2O3. The molecule has 1 rings (SSSR count). The van der Waals surface area contributed by atoms with Crippen molar-refractivity contribution in [2.45, 2.75) is 20.3 Å². The third-order valence-corrected chi connectivity index (χ3v) is 2.78. The number of aliphatic hydroxyl groups is 1. The summed E-state index contributed by atoms with van der Waals surface area (Å²) in [7, 11) is 0. The Morgan fingerprint density at radius 1 is 1.37 bits per heavy atom. The van der Waals surface area contributed by atoms with E-state index in [4.69, 9.17) is 15.6 Å². The average Bonchev–Trinajstić information content (AvgIpc) is 2.39. The predicted molar refractivity (Wildman–Crippen MR) is 76.4 cm³/mol. The molecule has 0 unspecified atom stereocenters. The number of hydrogen-bond acceptors (Lipinski definition) is 5. The van der Waals surface area contributed by atoms with Gasteiger partial charge in [-0.15, -0.1) is 0 Å². The summed E-state index contributed by atoms with van der Waals surface area (Å²) < 4.78 is 4.98. The summed E-state index contributed by atoms with van der Waals surface area (Å²) >= 11 is 0. The summed E-state index contributed by atoms with van der Waals surface area (Å²) in [6, 6.07) is 5.28. The Bertz CT molecular complexity index is 415. The van der Waals surface area contributed by atoms with E-state index in [0.717, 1.165) is 18.7 Å². The van der Waals surface area contributed by atoms with Crippen LogP contribution in [0.4, 0.5) is 11.4 Å². The smallest absolute Gasteiger partial charge is 0.340 e. The molecule has 0 amide bonds. The molecule has 1 aromatic carbocycles. The molecule has 5 nitrogen and oxygen atoms in total. The van der Waals surface area contributed by atoms with E-state index in [9.17, 15) is 4.79 Å². The number of para-hydroxylation sites is 1. The van der Waals surface area contributed by atoms with Gasteiger partial charge in [0.1, 0.15) is 0 Å². The minimum absolute atomic E-state index is 0.0447. The van der Waals surface area contributed by atoms with Gasteiger partial charge in [-0.2, -0.15) is 0 Å². The normalized spacial score (nSPS) is 10.3. The largest absolute Gasteiger partial charge is 0.462 e. The Balaban J connectivity index is 3.07. The molecule has 19 heavy (non-hydrogen) atoms. The van der Waals surface area contributed by atoms with E-state index >= 15 is 0 Å². The van der Waals surface area contributed by atoms with Gasteiger partial charge in [0.2, 0.25) is 0 Å². The molecule has 0 bridgehead atoms. The first-order chi connectivity index (χ1) is 9.15. The molecule has 0 radical (unpaired) electrons. The van der Waals surface area contributed by atoms with E-state index in [2.05, 4.69) is 6.92 Å². The number of carbonyl (C=O) groups excluding carboxylic acids is 1. The first-order valence-corrected chi connectivity index (χ1v) is 6.57. The molecule has 5 heteroatoms. The van der Waals surface area contributed by atoms with Gasteiger partial charge < -0.3 is 20.5 Å². The van der Waals surface area contributed by atoms with Crippen LogP contribution in [-0.2, 0) is 4.74 Å². The number of esters is 1. The van der Waals surface area contributed by atoms with Crippen LogP contribution in [0.2, 0.25) is 0 Å². The lowest BCUT2D eigenvalue weighted by atomic mass is 10.1. The fraction of sp³-hybridized carbons (Fsp3) is 0.500. The van der Waals surface area contributed by atoms with Crippen LogP contribution in [0.3, 0.4) is 0 Å². The van der Waals surface area contributed by atoms with Crippen LogP contribution in [0.5, 0.6) is 0 Å². The van der Waals surface area contributed by atoms with Crippen molar-refractivity contribution in [1.82, 2.24) is 0 Å². The van der Waals surface area contributed by atoms with Crippen LogP contribution in [0.25, 0.3) is 0 Å². The van der Waals surface area contributed by atoms with Crippen LogP contribution >= 0.6 is 0 Å². The average molecular weight is 266 g/mol. The Labute approximate surface area is 114 Å². The van der Waals surface area contributed by atoms with Crippen molar-refractivity contribution in [3.05, 3.63) is 23.8 Å². The molecule has 0 aromatic heterocycles. The summed E-state index contributed by atoms with van der Waals surface area (Å²) in [5, 5.41) is 9.10. The predicted octanol–water partition coefficient (Wildman–Crippen LogP) is 1.65. The van der Waals surface area contributed by atoms with E-state index in [1.165, 1.54) is 0 Å². The maximum atomic E-state index is 11.8. The first-order valence-electron chi connectivity index (χ1n) is 6.57. The lowest BCUT2D eigenvalue weighted by molar-refractivity contribution is 0.0527. The molecule has 0 atom stereocenters. The van der Waals surface area contributed by atoms with Gasteiger partial charge in [0.25, 0.3) is 0 Å². The van der Waals surface area contributed by atoms with Crippen LogP contribution in [0, 0.1) is 0 Å². The molecule has 0 spiro atoms. The van der Waals surface area contributed by atoms with E-state index in [-0.39, 0.29) is 6.61 Å². The number of rotatable bonds is 7. The summed E-state index contributed by atoms with van der Waals surface area (Å²) in [5.74, 6) is -0.415. The molecule has 0 aliphatic heterocycles. The molecule has 1 aromatic rings. The minimum Gasteiger partial charge on any atom is -0.462 e. The molecule has 0 saturated carbocycles. The Morgan fingerprint density at radius 3 is 2.68 bits per heavy atom. The number of benzene rings is 1. The van der Waals surface area contributed by atoms with Gasteiger partial charge >= 0.3 is 5.97 Å². The van der Waals surface area contributed by atoms with Crippen molar-refractivity contribution in [3.63, 3.8) is 0 Å². The zero-order chi connectivity index (χ0) is 14.3. The zero-order valence-electron chi connectivity index (χ0n) is 11.6. The molecule has 3 N–H and O–H groups in total. The number of hydrogen-bond donors (Lipinski definition) is 2. The second-order valence-electron chi connectivity index (χ2n) is 4.17. The molecule has 0 aliphatic rings. The summed E-state index contributed by atoms with van der Waals surface area (Å²) in [4.78, 5) is 13.8. The summed E-state index contributed by atoms with van der Waals surface area (Å²) in [5.41, 5.74) is 7.60. The van der Waals surface area contributed by atoms with E-state index in [1.54, 1.807) is 19.1 Å². The minimum atomic E-state index is -0.415. The molecular weight excluding hydrogens is 244 g/mol. The highest BCUT2D eigenvalue weighted by molar-refractivity contribution is 5.98. The fourth-order valence-electron chi connectivity index (χ4n) is 1.96. The van der Waals surface area contributed by atoms with Crippen LogP contribution in [0.15, 0.2) is 18.2 Å². The number of nitrogen functional groups attached to an aromatic ring is 1. The zero-order valence-corrected chi connectivity index (χ0v) is 11.6. The highest BCUT2D eigenvalue weighted by Gasteiger charge is 2.16. The van der Waals surface area contributed by atoms with Crippen LogP contribution in [-0.4, -0.2) is 37.4 Å². The number of aliphatic hydroxyl groups excluding tert-OH is 1. The van der Waals surface area contributed by atoms with Crippen molar-refractivity contribution in [1.29, 1.82) is 0 Å². The van der Waals surface area contributed by atoms with Crippen LogP contribution < -0.4 is 10.6 Å². The van der Waals surface area contributed by atoms with Crippen LogP contribution in [0.1, 0.15) is 30.6 Å². The summed E-state index contributed by atoms with van der Waals surface area (Å²) in [6.07, 6.45) is 0.934. The topological polar surface area (TPSA) is 75.8 Å². The van der Waals surface area contributed by atoms with E-state index in [1.807, 2.05) is 11.0 Å². The van der Waals surface area contributed by atoms with Gasteiger partial charge in [0.05, 0.1) is 30.2 Å². The molecule has 0 aliphatic carbocycles. The maximum absolute atomic E-state index is 11.8. The van der Waals surface area contributed by atoms with Crippen molar-refractivity contribution < 1.29 is 14.6 Å². The molecule has 0 saturated heterocycles. The van der Waals surface area contributed by atoms with Gasteiger partial charge in [0.15, 0.2) is 0 Å². The summed E-state index contributed by atoms with van der Waals surface area (Å²) in [6.45, 7) is 5.44. The maximum Gasteiger partial charge on any atom is 0.340 e. The second kappa shape index (κ2) is 7.63. The lowest BCUT2D eigenvalue weighted by Gasteiger charge is -2.25. The van der Waals surface area contributed by atoms with Crippen molar-refractivity contribution in [3.8, 4) is 0 Å². The Hall–Kier alpha value is -1.75. The van der Waals surface area contributed by atoms with Gasteiger partial charge in [0, 0.05) is 13.1 Å².